The molecule has 0 spiro atoms. The second-order valence-corrected chi connectivity index (χ2v) is 8.51. The van der Waals surface area contributed by atoms with Gasteiger partial charge in [0.15, 0.2) is 11.6 Å². The van der Waals surface area contributed by atoms with E-state index in [2.05, 4.69) is 81.0 Å². The number of para-hydroxylation sites is 1. The first kappa shape index (κ1) is 19.7. The number of piperazine rings is 1. The van der Waals surface area contributed by atoms with Crippen molar-refractivity contribution in [3.05, 3.63) is 65.5 Å². The first-order valence-electron chi connectivity index (χ1n) is 11.2. The molecule has 5 rings (SSSR count). The van der Waals surface area contributed by atoms with Gasteiger partial charge < -0.3 is 20.4 Å². The van der Waals surface area contributed by atoms with Crippen LogP contribution in [0.25, 0.3) is 0 Å². The van der Waals surface area contributed by atoms with E-state index in [1.165, 1.54) is 28.1 Å². The smallest absolute Gasteiger partial charge is 0.161 e. The zero-order valence-corrected chi connectivity index (χ0v) is 18.4. The summed E-state index contributed by atoms with van der Waals surface area (Å²) in [4.78, 5) is 16.2. The Balaban J connectivity index is 1.38. The third kappa shape index (κ3) is 3.56. The van der Waals surface area contributed by atoms with Crippen LogP contribution in [-0.4, -0.2) is 42.7 Å². The molecule has 1 saturated heterocycles. The molecule has 0 atom stereocenters. The third-order valence-electron chi connectivity index (χ3n) is 6.70. The Morgan fingerprint density at radius 1 is 0.774 bits per heavy atom. The van der Waals surface area contributed by atoms with Gasteiger partial charge in [0, 0.05) is 44.1 Å². The van der Waals surface area contributed by atoms with E-state index >= 15 is 0 Å². The monoisotopic (exact) mass is 414 g/mol. The summed E-state index contributed by atoms with van der Waals surface area (Å²) < 4.78 is 0. The van der Waals surface area contributed by atoms with Crippen LogP contribution in [0, 0.1) is 13.8 Å². The summed E-state index contributed by atoms with van der Waals surface area (Å²) in [5.41, 5.74) is 14.0. The van der Waals surface area contributed by atoms with Crippen molar-refractivity contribution in [2.75, 3.05) is 53.2 Å². The van der Waals surface area contributed by atoms with Crippen molar-refractivity contribution in [2.45, 2.75) is 26.7 Å². The molecule has 6 nitrogen and oxygen atoms in total. The van der Waals surface area contributed by atoms with E-state index in [1.54, 1.807) is 6.33 Å². The molecule has 1 aromatic heterocycles. The maximum atomic E-state index is 6.67. The highest BCUT2D eigenvalue weighted by Crippen LogP contribution is 2.38. The molecule has 160 valence electrons. The van der Waals surface area contributed by atoms with Gasteiger partial charge in [0.25, 0.3) is 0 Å². The molecule has 3 heterocycles. The second-order valence-electron chi connectivity index (χ2n) is 8.51. The molecule has 0 radical (unpaired) electrons. The van der Waals surface area contributed by atoms with Crippen LogP contribution >= 0.6 is 0 Å². The lowest BCUT2D eigenvalue weighted by Gasteiger charge is -2.38. The number of fused-ring (bicyclic) bond motifs is 1. The lowest BCUT2D eigenvalue weighted by atomic mass is 10.0. The van der Waals surface area contributed by atoms with Crippen molar-refractivity contribution >= 4 is 28.7 Å². The molecule has 0 aliphatic carbocycles. The summed E-state index contributed by atoms with van der Waals surface area (Å²) in [6, 6.07) is 15.1. The summed E-state index contributed by atoms with van der Waals surface area (Å²) in [6.07, 6.45) is 3.87. The molecular weight excluding hydrogens is 384 g/mol. The minimum Gasteiger partial charge on any atom is -0.393 e. The molecule has 0 bridgehead atoms. The highest BCUT2D eigenvalue weighted by molar-refractivity contribution is 5.81. The molecule has 2 aromatic carbocycles. The maximum absolute atomic E-state index is 6.67. The molecule has 2 aliphatic rings. The Morgan fingerprint density at radius 2 is 1.48 bits per heavy atom. The van der Waals surface area contributed by atoms with E-state index in [1.807, 2.05) is 0 Å². The van der Waals surface area contributed by atoms with Crippen LogP contribution in [-0.2, 0) is 6.42 Å². The first-order chi connectivity index (χ1) is 15.1. The molecule has 0 saturated carbocycles. The number of nitrogens with zero attached hydrogens (tertiary/aromatic N) is 5. The number of aryl methyl sites for hydroxylation is 2. The Bertz CT molecular complexity index is 1090. The lowest BCUT2D eigenvalue weighted by molar-refractivity contribution is 0.646. The average Bonchev–Trinajstić information content (AvgIpc) is 2.81. The van der Waals surface area contributed by atoms with E-state index in [-0.39, 0.29) is 0 Å². The van der Waals surface area contributed by atoms with Crippen LogP contribution in [0.15, 0.2) is 48.8 Å². The van der Waals surface area contributed by atoms with Gasteiger partial charge in [-0.1, -0.05) is 30.3 Å². The fraction of sp³-hybridized carbons (Fsp3) is 0.360. The van der Waals surface area contributed by atoms with Gasteiger partial charge in [-0.3, -0.25) is 0 Å². The maximum Gasteiger partial charge on any atom is 0.161 e. The molecule has 0 unspecified atom stereocenters. The van der Waals surface area contributed by atoms with Gasteiger partial charge in [-0.2, -0.15) is 0 Å². The Hall–Kier alpha value is -3.28. The topological polar surface area (TPSA) is 61.5 Å². The molecule has 0 amide bonds. The van der Waals surface area contributed by atoms with E-state index < -0.39 is 0 Å². The highest BCUT2D eigenvalue weighted by atomic mass is 15.3. The molecular formula is C25H30N6. The van der Waals surface area contributed by atoms with Crippen molar-refractivity contribution < 1.29 is 0 Å². The van der Waals surface area contributed by atoms with Crippen LogP contribution < -0.4 is 20.4 Å². The number of hydrogen-bond donors (Lipinski definition) is 1. The average molecular weight is 415 g/mol. The zero-order chi connectivity index (χ0) is 21.4. The number of nitrogen functional groups attached to an aromatic ring is 1. The fourth-order valence-corrected chi connectivity index (χ4v) is 4.84. The largest absolute Gasteiger partial charge is 0.393 e. The van der Waals surface area contributed by atoms with E-state index in [0.717, 1.165) is 57.2 Å². The van der Waals surface area contributed by atoms with E-state index in [0.29, 0.717) is 5.69 Å². The van der Waals surface area contributed by atoms with Crippen LogP contribution in [0.3, 0.4) is 0 Å². The van der Waals surface area contributed by atoms with Crippen molar-refractivity contribution in [3.8, 4) is 0 Å². The van der Waals surface area contributed by atoms with Gasteiger partial charge in [-0.25, -0.2) is 9.97 Å². The molecule has 2 N–H and O–H groups in total. The van der Waals surface area contributed by atoms with Crippen LogP contribution in [0.5, 0.6) is 0 Å². The first-order valence-corrected chi connectivity index (χ1v) is 11.2. The minimum absolute atomic E-state index is 0.680. The summed E-state index contributed by atoms with van der Waals surface area (Å²) in [5.74, 6) is 1.68. The molecule has 3 aromatic rings. The van der Waals surface area contributed by atoms with Crippen molar-refractivity contribution in [2.24, 2.45) is 0 Å². The van der Waals surface area contributed by atoms with Gasteiger partial charge in [0.1, 0.15) is 12.0 Å². The predicted octanol–water partition coefficient (Wildman–Crippen LogP) is 4.09. The highest BCUT2D eigenvalue weighted by Gasteiger charge is 2.26. The number of hydrogen-bond acceptors (Lipinski definition) is 6. The lowest BCUT2D eigenvalue weighted by Crippen LogP contribution is -2.47. The predicted molar refractivity (Wildman–Crippen MR) is 129 cm³/mol. The molecule has 2 aliphatic heterocycles. The van der Waals surface area contributed by atoms with Crippen LogP contribution in [0.4, 0.5) is 28.7 Å². The van der Waals surface area contributed by atoms with Gasteiger partial charge in [0.05, 0.1) is 0 Å². The summed E-state index contributed by atoms with van der Waals surface area (Å²) in [7, 11) is 0. The fourth-order valence-electron chi connectivity index (χ4n) is 4.84. The normalized spacial score (nSPS) is 16.4. The zero-order valence-electron chi connectivity index (χ0n) is 18.4. The number of anilines is 5. The standard InChI is InChI=1S/C25H30N6/c1-18-7-5-11-21(19(18)2)29-13-15-30(16-14-29)24-23(26)25(28-17-27-24)31-12-6-9-20-8-3-4-10-22(20)31/h3-5,7-8,10-11,17H,6,9,12-16,26H2,1-2H3. The molecule has 1 fully saturated rings. The van der Waals surface area contributed by atoms with Crippen LogP contribution in [0.2, 0.25) is 0 Å². The van der Waals surface area contributed by atoms with E-state index in [4.69, 9.17) is 5.73 Å². The number of benzene rings is 2. The Labute approximate surface area is 184 Å². The third-order valence-corrected chi connectivity index (χ3v) is 6.70. The number of aromatic nitrogens is 2. The molecule has 31 heavy (non-hydrogen) atoms. The van der Waals surface area contributed by atoms with Gasteiger partial charge in [-0.15, -0.1) is 0 Å². The summed E-state index contributed by atoms with van der Waals surface area (Å²) in [5, 5.41) is 0. The van der Waals surface area contributed by atoms with Crippen molar-refractivity contribution in [1.82, 2.24) is 9.97 Å². The van der Waals surface area contributed by atoms with Crippen LogP contribution in [0.1, 0.15) is 23.1 Å². The van der Waals surface area contributed by atoms with Gasteiger partial charge in [0.2, 0.25) is 0 Å². The quantitative estimate of drug-likeness (QED) is 0.697. The summed E-state index contributed by atoms with van der Waals surface area (Å²) in [6.45, 7) is 9.01. The van der Waals surface area contributed by atoms with Crippen molar-refractivity contribution in [3.63, 3.8) is 0 Å². The molecule has 6 heteroatoms. The van der Waals surface area contributed by atoms with Crippen molar-refractivity contribution in [1.29, 1.82) is 0 Å². The Kier molecular flexibility index (Phi) is 5.14. The summed E-state index contributed by atoms with van der Waals surface area (Å²) >= 11 is 0. The number of rotatable bonds is 3. The van der Waals surface area contributed by atoms with Gasteiger partial charge >= 0.3 is 0 Å². The van der Waals surface area contributed by atoms with Gasteiger partial charge in [-0.05, 0) is 55.5 Å². The number of nitrogens with two attached hydrogens (primary N) is 1. The SMILES string of the molecule is Cc1cccc(N2CCN(c3ncnc(N4CCCc5ccccc54)c3N)CC2)c1C. The second kappa shape index (κ2) is 8.10. The minimum atomic E-state index is 0.680. The van der Waals surface area contributed by atoms with E-state index in [9.17, 15) is 0 Å². The Morgan fingerprint density at radius 3 is 2.32 bits per heavy atom.